The van der Waals surface area contributed by atoms with Gasteiger partial charge in [-0.15, -0.1) is 0 Å². The molecule has 0 bridgehead atoms. The molecule has 3 heterocycles. The van der Waals surface area contributed by atoms with Crippen LogP contribution in [0.15, 0.2) is 199 Å². The van der Waals surface area contributed by atoms with Crippen LogP contribution in [0.3, 0.4) is 0 Å². The number of hydrogen-bond donors (Lipinski definition) is 0. The molecule has 0 atom stereocenters. The molecule has 0 aliphatic heterocycles. The molecule has 0 aliphatic carbocycles. The summed E-state index contributed by atoms with van der Waals surface area (Å²) >= 11 is 0. The number of rotatable bonds is 6. The summed E-state index contributed by atoms with van der Waals surface area (Å²) in [5.74, 6) is 1.85. The van der Waals surface area contributed by atoms with Gasteiger partial charge in [0.15, 0.2) is 17.5 Å². The van der Waals surface area contributed by atoms with E-state index in [1.165, 1.54) is 27.4 Å². The molecule has 0 N–H and O–H groups in total. The van der Waals surface area contributed by atoms with Crippen molar-refractivity contribution in [3.05, 3.63) is 194 Å². The fourth-order valence-electron chi connectivity index (χ4n) is 7.98. The molecule has 0 spiro atoms. The molecule has 262 valence electrons. The fraction of sp³-hybridized carbons (Fsp3) is 0. The average molecular weight is 717 g/mol. The van der Waals surface area contributed by atoms with Crippen molar-refractivity contribution in [2.24, 2.45) is 0 Å². The number of aromatic nitrogens is 4. The van der Waals surface area contributed by atoms with E-state index in [-0.39, 0.29) is 0 Å². The van der Waals surface area contributed by atoms with Gasteiger partial charge in [0, 0.05) is 49.5 Å². The summed E-state index contributed by atoms with van der Waals surface area (Å²) in [6.45, 7) is 0. The number of furan rings is 1. The summed E-state index contributed by atoms with van der Waals surface area (Å²) < 4.78 is 9.10. The van der Waals surface area contributed by atoms with Gasteiger partial charge in [-0.25, -0.2) is 15.0 Å². The zero-order chi connectivity index (χ0) is 37.0. The van der Waals surface area contributed by atoms with Crippen molar-refractivity contribution in [2.75, 3.05) is 0 Å². The van der Waals surface area contributed by atoms with Crippen molar-refractivity contribution in [2.45, 2.75) is 0 Å². The highest BCUT2D eigenvalue weighted by atomic mass is 16.3. The lowest BCUT2D eigenvalue weighted by molar-refractivity contribution is 0.670. The van der Waals surface area contributed by atoms with Gasteiger partial charge in [0.05, 0.1) is 11.0 Å². The monoisotopic (exact) mass is 716 g/mol. The number of fused-ring (bicyclic) bond motifs is 6. The third-order valence-electron chi connectivity index (χ3n) is 10.7. The Hall–Kier alpha value is -7.63. The van der Waals surface area contributed by atoms with E-state index in [0.717, 1.165) is 61.0 Å². The molecule has 0 fully saturated rings. The highest BCUT2D eigenvalue weighted by Gasteiger charge is 2.18. The first-order valence-electron chi connectivity index (χ1n) is 18.8. The number of para-hydroxylation sites is 3. The predicted octanol–water partition coefficient (Wildman–Crippen LogP) is 13.2. The van der Waals surface area contributed by atoms with Crippen LogP contribution in [0.5, 0.6) is 0 Å². The third-order valence-corrected chi connectivity index (χ3v) is 10.7. The highest BCUT2D eigenvalue weighted by molar-refractivity contribution is 6.12. The minimum Gasteiger partial charge on any atom is -0.455 e. The predicted molar refractivity (Wildman–Crippen MR) is 229 cm³/mol. The van der Waals surface area contributed by atoms with Crippen LogP contribution in [0.4, 0.5) is 0 Å². The lowest BCUT2D eigenvalue weighted by Gasteiger charge is -2.09. The molecule has 3 aromatic heterocycles. The molecule has 0 radical (unpaired) electrons. The van der Waals surface area contributed by atoms with Gasteiger partial charge in [-0.3, -0.25) is 0 Å². The van der Waals surface area contributed by atoms with Crippen LogP contribution in [0.2, 0.25) is 0 Å². The van der Waals surface area contributed by atoms with Crippen molar-refractivity contribution < 1.29 is 4.42 Å². The smallest absolute Gasteiger partial charge is 0.164 e. The van der Waals surface area contributed by atoms with E-state index in [0.29, 0.717) is 17.5 Å². The Bertz CT molecular complexity index is 3180. The zero-order valence-corrected chi connectivity index (χ0v) is 30.2. The van der Waals surface area contributed by atoms with E-state index in [2.05, 4.69) is 138 Å². The van der Waals surface area contributed by atoms with E-state index in [1.54, 1.807) is 0 Å². The second kappa shape index (κ2) is 13.0. The van der Waals surface area contributed by atoms with Gasteiger partial charge in [-0.1, -0.05) is 146 Å². The van der Waals surface area contributed by atoms with Gasteiger partial charge in [-0.05, 0) is 65.2 Å². The molecule has 11 aromatic rings. The topological polar surface area (TPSA) is 56.7 Å². The maximum absolute atomic E-state index is 6.75. The van der Waals surface area contributed by atoms with Gasteiger partial charge in [-0.2, -0.15) is 0 Å². The fourth-order valence-corrected chi connectivity index (χ4v) is 7.98. The second-order valence-electron chi connectivity index (χ2n) is 14.0. The summed E-state index contributed by atoms with van der Waals surface area (Å²) in [6, 6.07) is 67.5. The second-order valence-corrected chi connectivity index (χ2v) is 14.0. The molecule has 5 heteroatoms. The van der Waals surface area contributed by atoms with Gasteiger partial charge < -0.3 is 8.98 Å². The van der Waals surface area contributed by atoms with Gasteiger partial charge in [0.2, 0.25) is 0 Å². The summed E-state index contributed by atoms with van der Waals surface area (Å²) in [5, 5.41) is 4.57. The van der Waals surface area contributed by atoms with Crippen LogP contribution in [0.25, 0.3) is 106 Å². The van der Waals surface area contributed by atoms with E-state index in [1.807, 2.05) is 60.7 Å². The first kappa shape index (κ1) is 31.9. The van der Waals surface area contributed by atoms with Crippen LogP contribution < -0.4 is 0 Å². The molecule has 0 unspecified atom stereocenters. The quantitative estimate of drug-likeness (QED) is 0.172. The SMILES string of the molecule is c1ccc(-c2nc(-c3ccccc3)nc(-c3ccc4c(c3)oc3c(-c5cccc(-c6ccc7c(c6)c6ccccc6n7-c6ccccc6)c5)cccc34)n2)cc1. The minimum atomic E-state index is 0.594. The number of nitrogens with zero attached hydrogens (tertiary/aromatic N) is 4. The molecular weight excluding hydrogens is 685 g/mol. The third kappa shape index (κ3) is 5.37. The summed E-state index contributed by atoms with van der Waals surface area (Å²) in [6.07, 6.45) is 0. The zero-order valence-electron chi connectivity index (χ0n) is 30.2. The molecular formula is C51H32N4O. The maximum atomic E-state index is 6.75. The first-order chi connectivity index (χ1) is 27.7. The van der Waals surface area contributed by atoms with Crippen LogP contribution in [-0.4, -0.2) is 19.5 Å². The summed E-state index contributed by atoms with van der Waals surface area (Å²) in [4.78, 5) is 14.8. The van der Waals surface area contributed by atoms with E-state index >= 15 is 0 Å². The Kier molecular flexibility index (Phi) is 7.42. The van der Waals surface area contributed by atoms with Gasteiger partial charge >= 0.3 is 0 Å². The Labute approximate surface area is 322 Å². The minimum absolute atomic E-state index is 0.594. The first-order valence-corrected chi connectivity index (χ1v) is 18.8. The van der Waals surface area contributed by atoms with Gasteiger partial charge in [0.25, 0.3) is 0 Å². The molecule has 5 nitrogen and oxygen atoms in total. The Balaban J connectivity index is 1.00. The van der Waals surface area contributed by atoms with Crippen LogP contribution in [0.1, 0.15) is 0 Å². The highest BCUT2D eigenvalue weighted by Crippen LogP contribution is 2.40. The van der Waals surface area contributed by atoms with E-state index in [9.17, 15) is 0 Å². The average Bonchev–Trinajstić information content (AvgIpc) is 3.82. The standard InChI is InChI=1S/C51H32N4O/c1-4-14-33(15-5-1)49-52-50(34-16-6-2-7-17-34)54-51(53-49)38-26-28-42-43-24-13-23-40(48(43)56-47(42)32-38)37-19-12-18-35(30-37)36-27-29-46-44(31-36)41-22-10-11-25-45(41)55(46)39-20-8-3-9-21-39/h1-32H. The van der Waals surface area contributed by atoms with Crippen molar-refractivity contribution in [1.82, 2.24) is 19.5 Å². The Morgan fingerprint density at radius 1 is 0.339 bits per heavy atom. The van der Waals surface area contributed by atoms with Crippen LogP contribution in [0, 0.1) is 0 Å². The van der Waals surface area contributed by atoms with Crippen molar-refractivity contribution in [3.63, 3.8) is 0 Å². The Morgan fingerprint density at radius 3 is 1.64 bits per heavy atom. The normalized spacial score (nSPS) is 11.6. The lowest BCUT2D eigenvalue weighted by atomic mass is 9.97. The number of hydrogen-bond acceptors (Lipinski definition) is 4. The van der Waals surface area contributed by atoms with E-state index in [4.69, 9.17) is 19.4 Å². The van der Waals surface area contributed by atoms with E-state index < -0.39 is 0 Å². The molecule has 0 aliphatic rings. The summed E-state index contributed by atoms with van der Waals surface area (Å²) in [7, 11) is 0. The van der Waals surface area contributed by atoms with Crippen LogP contribution >= 0.6 is 0 Å². The molecule has 8 aromatic carbocycles. The van der Waals surface area contributed by atoms with Gasteiger partial charge in [0.1, 0.15) is 11.2 Å². The molecule has 0 saturated carbocycles. The van der Waals surface area contributed by atoms with Crippen molar-refractivity contribution in [1.29, 1.82) is 0 Å². The van der Waals surface area contributed by atoms with Crippen molar-refractivity contribution >= 4 is 43.7 Å². The largest absolute Gasteiger partial charge is 0.455 e. The Morgan fingerprint density at radius 2 is 0.893 bits per heavy atom. The lowest BCUT2D eigenvalue weighted by Crippen LogP contribution is -2.00. The molecule has 11 rings (SSSR count). The maximum Gasteiger partial charge on any atom is 0.164 e. The summed E-state index contributed by atoms with van der Waals surface area (Å²) in [5.41, 5.74) is 12.4. The van der Waals surface area contributed by atoms with Crippen LogP contribution in [-0.2, 0) is 0 Å². The van der Waals surface area contributed by atoms with Crippen molar-refractivity contribution in [3.8, 4) is 62.1 Å². The molecule has 0 saturated heterocycles. The molecule has 0 amide bonds. The number of benzene rings is 8. The molecule has 56 heavy (non-hydrogen) atoms.